The Balaban J connectivity index is 2.07. The molecule has 98 valence electrons. The molecule has 0 aromatic carbocycles. The summed E-state index contributed by atoms with van der Waals surface area (Å²) in [7, 11) is 0. The molecule has 0 amide bonds. The normalized spacial score (nSPS) is 23.6. The van der Waals surface area contributed by atoms with Crippen LogP contribution in [0.25, 0.3) is 0 Å². The van der Waals surface area contributed by atoms with E-state index in [1.54, 1.807) is 0 Å². The number of nitro groups is 1. The van der Waals surface area contributed by atoms with Crippen molar-refractivity contribution in [1.82, 2.24) is 4.98 Å². The first-order valence-electron chi connectivity index (χ1n) is 6.13. The van der Waals surface area contributed by atoms with Gasteiger partial charge in [-0.1, -0.05) is 6.92 Å². The molecule has 1 aromatic heterocycles. The Kier molecular flexibility index (Phi) is 3.64. The van der Waals surface area contributed by atoms with Crippen LogP contribution in [0.4, 0.5) is 11.5 Å². The van der Waals surface area contributed by atoms with Crippen molar-refractivity contribution in [3.63, 3.8) is 0 Å². The molecular formula is C12H17N3O3. The quantitative estimate of drug-likeness (QED) is 0.658. The van der Waals surface area contributed by atoms with E-state index >= 15 is 0 Å². The van der Waals surface area contributed by atoms with Crippen molar-refractivity contribution in [3.05, 3.63) is 22.2 Å². The molecule has 1 aliphatic rings. The molecule has 0 spiro atoms. The van der Waals surface area contributed by atoms with Crippen molar-refractivity contribution < 1.29 is 9.66 Å². The van der Waals surface area contributed by atoms with Gasteiger partial charge >= 0.3 is 0 Å². The molecule has 1 aromatic rings. The number of pyridine rings is 1. The summed E-state index contributed by atoms with van der Waals surface area (Å²) >= 11 is 0. The number of nitrogens with two attached hydrogens (primary N) is 1. The summed E-state index contributed by atoms with van der Waals surface area (Å²) in [4.78, 5) is 14.2. The number of hydrogen-bond donors (Lipinski definition) is 1. The molecule has 2 N–H and O–H groups in total. The molecule has 2 rings (SSSR count). The number of aromatic nitrogens is 1. The predicted octanol–water partition coefficient (Wildman–Crippen LogP) is 2.53. The van der Waals surface area contributed by atoms with E-state index in [9.17, 15) is 10.1 Å². The van der Waals surface area contributed by atoms with Gasteiger partial charge in [-0.3, -0.25) is 10.1 Å². The second-order valence-electron chi connectivity index (χ2n) is 4.85. The van der Waals surface area contributed by atoms with Crippen LogP contribution in [0.1, 0.15) is 32.6 Å². The molecule has 0 unspecified atom stereocenters. The lowest BCUT2D eigenvalue weighted by atomic mass is 9.89. The molecule has 0 saturated heterocycles. The van der Waals surface area contributed by atoms with Gasteiger partial charge < -0.3 is 10.5 Å². The van der Waals surface area contributed by atoms with Gasteiger partial charge in [-0.25, -0.2) is 0 Å². The second-order valence-corrected chi connectivity index (χ2v) is 4.85. The van der Waals surface area contributed by atoms with Gasteiger partial charge in [0.15, 0.2) is 0 Å². The Labute approximate surface area is 105 Å². The van der Waals surface area contributed by atoms with E-state index in [2.05, 4.69) is 11.9 Å². The molecule has 6 heteroatoms. The van der Waals surface area contributed by atoms with Gasteiger partial charge in [-0.05, 0) is 31.6 Å². The Morgan fingerprint density at radius 1 is 1.39 bits per heavy atom. The van der Waals surface area contributed by atoms with Crippen LogP contribution >= 0.6 is 0 Å². The van der Waals surface area contributed by atoms with Crippen LogP contribution in [0.2, 0.25) is 0 Å². The van der Waals surface area contributed by atoms with Crippen LogP contribution in [0.15, 0.2) is 12.1 Å². The molecule has 0 atom stereocenters. The highest BCUT2D eigenvalue weighted by Crippen LogP contribution is 2.28. The molecule has 1 fully saturated rings. The Bertz CT molecular complexity index is 442. The average molecular weight is 251 g/mol. The monoisotopic (exact) mass is 251 g/mol. The lowest BCUT2D eigenvalue weighted by Gasteiger charge is -2.26. The molecule has 0 radical (unpaired) electrons. The van der Waals surface area contributed by atoms with Crippen molar-refractivity contribution in [3.8, 4) is 5.88 Å². The summed E-state index contributed by atoms with van der Waals surface area (Å²) in [6, 6.07) is 2.56. The van der Waals surface area contributed by atoms with Crippen molar-refractivity contribution in [2.75, 3.05) is 5.73 Å². The summed E-state index contributed by atoms with van der Waals surface area (Å²) in [5.41, 5.74) is 5.45. The SMILES string of the molecule is CC1CCC(Oc2cc([N+](=O)[O-])cc(N)n2)CC1. The third kappa shape index (κ3) is 3.09. The number of anilines is 1. The van der Waals surface area contributed by atoms with E-state index in [0.717, 1.165) is 31.6 Å². The van der Waals surface area contributed by atoms with Crippen molar-refractivity contribution >= 4 is 11.5 Å². The molecule has 18 heavy (non-hydrogen) atoms. The predicted molar refractivity (Wildman–Crippen MR) is 67.4 cm³/mol. The molecule has 0 aliphatic heterocycles. The van der Waals surface area contributed by atoms with Crippen LogP contribution in [-0.2, 0) is 0 Å². The van der Waals surface area contributed by atoms with E-state index in [1.165, 1.54) is 12.1 Å². The second kappa shape index (κ2) is 5.20. The fourth-order valence-electron chi connectivity index (χ4n) is 2.20. The van der Waals surface area contributed by atoms with Crippen molar-refractivity contribution in [2.45, 2.75) is 38.7 Å². The third-order valence-corrected chi connectivity index (χ3v) is 3.27. The zero-order chi connectivity index (χ0) is 13.1. The fraction of sp³-hybridized carbons (Fsp3) is 0.583. The molecule has 1 saturated carbocycles. The van der Waals surface area contributed by atoms with E-state index in [-0.39, 0.29) is 23.5 Å². The Morgan fingerprint density at radius 2 is 2.06 bits per heavy atom. The molecular weight excluding hydrogens is 234 g/mol. The van der Waals surface area contributed by atoms with Crippen LogP contribution in [0.3, 0.4) is 0 Å². The van der Waals surface area contributed by atoms with Crippen molar-refractivity contribution in [1.29, 1.82) is 0 Å². The van der Waals surface area contributed by atoms with E-state index in [0.29, 0.717) is 0 Å². The lowest BCUT2D eigenvalue weighted by molar-refractivity contribution is -0.384. The van der Waals surface area contributed by atoms with Gasteiger partial charge in [0.05, 0.1) is 17.1 Å². The fourth-order valence-corrected chi connectivity index (χ4v) is 2.20. The number of ether oxygens (including phenoxy) is 1. The first-order valence-corrected chi connectivity index (χ1v) is 6.13. The first-order chi connectivity index (χ1) is 8.54. The van der Waals surface area contributed by atoms with Gasteiger partial charge in [0.25, 0.3) is 5.69 Å². The Morgan fingerprint density at radius 3 is 2.67 bits per heavy atom. The van der Waals surface area contributed by atoms with Gasteiger partial charge in [-0.15, -0.1) is 0 Å². The lowest BCUT2D eigenvalue weighted by Crippen LogP contribution is -2.23. The topological polar surface area (TPSA) is 91.3 Å². The highest BCUT2D eigenvalue weighted by molar-refractivity contribution is 5.45. The summed E-state index contributed by atoms with van der Waals surface area (Å²) < 4.78 is 5.68. The number of nitrogen functional groups attached to an aromatic ring is 1. The van der Waals surface area contributed by atoms with Crippen LogP contribution in [0.5, 0.6) is 5.88 Å². The van der Waals surface area contributed by atoms with Crippen LogP contribution in [0, 0.1) is 16.0 Å². The number of hydrogen-bond acceptors (Lipinski definition) is 5. The van der Waals surface area contributed by atoms with E-state index in [1.807, 2.05) is 0 Å². The molecule has 0 bridgehead atoms. The van der Waals surface area contributed by atoms with E-state index in [4.69, 9.17) is 10.5 Å². The van der Waals surface area contributed by atoms with Crippen molar-refractivity contribution in [2.24, 2.45) is 5.92 Å². The minimum Gasteiger partial charge on any atom is -0.474 e. The highest BCUT2D eigenvalue weighted by atomic mass is 16.6. The molecule has 6 nitrogen and oxygen atoms in total. The van der Waals surface area contributed by atoms with Crippen LogP contribution < -0.4 is 10.5 Å². The summed E-state index contributed by atoms with van der Waals surface area (Å²) in [6.07, 6.45) is 4.26. The Hall–Kier alpha value is -1.85. The summed E-state index contributed by atoms with van der Waals surface area (Å²) in [6.45, 7) is 2.22. The minimum atomic E-state index is -0.492. The third-order valence-electron chi connectivity index (χ3n) is 3.27. The highest BCUT2D eigenvalue weighted by Gasteiger charge is 2.21. The zero-order valence-electron chi connectivity index (χ0n) is 10.3. The molecule has 1 aliphatic carbocycles. The smallest absolute Gasteiger partial charge is 0.278 e. The maximum atomic E-state index is 10.7. The number of rotatable bonds is 3. The standard InChI is InChI=1S/C12H17N3O3/c1-8-2-4-10(5-3-8)18-12-7-9(15(16)17)6-11(13)14-12/h6-8,10H,2-5H2,1H3,(H2,13,14). The minimum absolute atomic E-state index is 0.0818. The molecule has 1 heterocycles. The summed E-state index contributed by atoms with van der Waals surface area (Å²) in [5, 5.41) is 10.7. The number of nitrogens with zero attached hydrogens (tertiary/aromatic N) is 2. The van der Waals surface area contributed by atoms with Crippen LogP contribution in [-0.4, -0.2) is 16.0 Å². The first kappa shape index (κ1) is 12.6. The largest absolute Gasteiger partial charge is 0.474 e. The van der Waals surface area contributed by atoms with E-state index < -0.39 is 4.92 Å². The van der Waals surface area contributed by atoms with Gasteiger partial charge in [0.2, 0.25) is 5.88 Å². The zero-order valence-corrected chi connectivity index (χ0v) is 10.3. The van der Waals surface area contributed by atoms with Gasteiger partial charge in [0, 0.05) is 0 Å². The van der Waals surface area contributed by atoms with Gasteiger partial charge in [-0.2, -0.15) is 4.98 Å². The maximum absolute atomic E-state index is 10.7. The summed E-state index contributed by atoms with van der Waals surface area (Å²) in [5.74, 6) is 1.10. The average Bonchev–Trinajstić information content (AvgIpc) is 2.31. The maximum Gasteiger partial charge on any atom is 0.278 e. The van der Waals surface area contributed by atoms with Gasteiger partial charge in [0.1, 0.15) is 11.9 Å².